The van der Waals surface area contributed by atoms with Crippen LogP contribution in [0.2, 0.25) is 0 Å². The highest BCUT2D eigenvalue weighted by Gasteiger charge is 2.42. The monoisotopic (exact) mass is 308 g/mol. The summed E-state index contributed by atoms with van der Waals surface area (Å²) in [5.41, 5.74) is 1.21. The van der Waals surface area contributed by atoms with Crippen LogP contribution in [0.15, 0.2) is 11.4 Å². The molecule has 0 radical (unpaired) electrons. The Labute approximate surface area is 128 Å². The molecule has 0 saturated carbocycles. The summed E-state index contributed by atoms with van der Waals surface area (Å²) in [5, 5.41) is 11.4. The van der Waals surface area contributed by atoms with Crippen LogP contribution < -0.4 is 0 Å². The molecule has 0 bridgehead atoms. The minimum atomic E-state index is -0.894. The van der Waals surface area contributed by atoms with E-state index in [9.17, 15) is 14.7 Å². The maximum absolute atomic E-state index is 12.8. The number of hydrogen-bond donors (Lipinski definition) is 1. The van der Waals surface area contributed by atoms with Gasteiger partial charge in [0.15, 0.2) is 0 Å². The summed E-state index contributed by atoms with van der Waals surface area (Å²) in [5.74, 6) is -0.877. The van der Waals surface area contributed by atoms with Crippen LogP contribution in [0.3, 0.4) is 0 Å². The van der Waals surface area contributed by atoms with Crippen LogP contribution in [-0.2, 0) is 11.2 Å². The molecular formula is C15H20N2O3S. The molecule has 6 heteroatoms. The summed E-state index contributed by atoms with van der Waals surface area (Å²) in [4.78, 5) is 28.9. The van der Waals surface area contributed by atoms with Gasteiger partial charge < -0.3 is 14.9 Å². The molecular weight excluding hydrogens is 288 g/mol. The van der Waals surface area contributed by atoms with Gasteiger partial charge in [-0.15, -0.1) is 11.3 Å². The number of carboxylic acids is 1. The molecule has 2 aliphatic heterocycles. The van der Waals surface area contributed by atoms with Crippen LogP contribution >= 0.6 is 11.3 Å². The van der Waals surface area contributed by atoms with Crippen molar-refractivity contribution >= 4 is 23.3 Å². The Bertz CT molecular complexity index is 571. The Morgan fingerprint density at radius 2 is 2.05 bits per heavy atom. The topological polar surface area (TPSA) is 60.9 Å². The Kier molecular flexibility index (Phi) is 3.65. The van der Waals surface area contributed by atoms with Gasteiger partial charge in [0.1, 0.15) is 6.04 Å². The van der Waals surface area contributed by atoms with Crippen molar-refractivity contribution in [1.29, 1.82) is 0 Å². The summed E-state index contributed by atoms with van der Waals surface area (Å²) < 4.78 is 0. The van der Waals surface area contributed by atoms with E-state index in [0.29, 0.717) is 13.1 Å². The zero-order valence-electron chi connectivity index (χ0n) is 12.3. The Hall–Kier alpha value is -1.56. The largest absolute Gasteiger partial charge is 0.480 e. The third-order valence-corrected chi connectivity index (χ3v) is 5.72. The summed E-state index contributed by atoms with van der Waals surface area (Å²) in [7, 11) is 0. The number of nitrogens with zero attached hydrogens (tertiary/aromatic N) is 2. The lowest BCUT2D eigenvalue weighted by Crippen LogP contribution is -2.51. The molecule has 3 atom stereocenters. The van der Waals surface area contributed by atoms with Crippen molar-refractivity contribution in [3.05, 3.63) is 21.9 Å². The number of likely N-dealkylation sites (tertiary alicyclic amines) is 1. The van der Waals surface area contributed by atoms with Gasteiger partial charge >= 0.3 is 12.0 Å². The highest BCUT2D eigenvalue weighted by Crippen LogP contribution is 2.35. The molecule has 3 heterocycles. The predicted octanol–water partition coefficient (Wildman–Crippen LogP) is 2.58. The molecule has 0 aliphatic carbocycles. The molecule has 114 valence electrons. The van der Waals surface area contributed by atoms with Crippen molar-refractivity contribution in [2.75, 3.05) is 13.1 Å². The number of amides is 2. The standard InChI is InChI=1S/C15H20N2O3S/c1-9-3-6-17(13(9)14(18)19)15(20)16-7-4-12-11(10(16)2)5-8-21-12/h5,8-10,13H,3-4,6-7H2,1-2H3,(H,18,19). The molecule has 2 amide bonds. The van der Waals surface area contributed by atoms with E-state index in [1.807, 2.05) is 18.7 Å². The van der Waals surface area contributed by atoms with Crippen molar-refractivity contribution in [3.63, 3.8) is 0 Å². The molecule has 1 aromatic rings. The first kappa shape index (κ1) is 14.4. The number of aliphatic carboxylic acids is 1. The molecule has 3 rings (SSSR count). The van der Waals surface area contributed by atoms with Crippen LogP contribution in [0.25, 0.3) is 0 Å². The van der Waals surface area contributed by atoms with E-state index in [4.69, 9.17) is 0 Å². The normalized spacial score (nSPS) is 28.6. The summed E-state index contributed by atoms with van der Waals surface area (Å²) in [6, 6.07) is 1.29. The van der Waals surface area contributed by atoms with E-state index in [2.05, 4.69) is 11.4 Å². The second kappa shape index (κ2) is 5.33. The van der Waals surface area contributed by atoms with Gasteiger partial charge in [-0.3, -0.25) is 0 Å². The van der Waals surface area contributed by atoms with Gasteiger partial charge in [-0.05, 0) is 42.7 Å². The van der Waals surface area contributed by atoms with Crippen LogP contribution in [0.5, 0.6) is 0 Å². The van der Waals surface area contributed by atoms with Crippen molar-refractivity contribution in [1.82, 2.24) is 9.80 Å². The zero-order valence-corrected chi connectivity index (χ0v) is 13.1. The highest BCUT2D eigenvalue weighted by atomic mass is 32.1. The molecule has 0 aromatic carbocycles. The molecule has 1 aromatic heterocycles. The number of hydrogen-bond acceptors (Lipinski definition) is 3. The molecule has 0 spiro atoms. The predicted molar refractivity (Wildman–Crippen MR) is 80.5 cm³/mol. The van der Waals surface area contributed by atoms with E-state index in [1.165, 1.54) is 10.4 Å². The number of urea groups is 1. The SMILES string of the molecule is CC1CCN(C(=O)N2CCc3sccc3C2C)C1C(=O)O. The number of carbonyl (C=O) groups excluding carboxylic acids is 1. The van der Waals surface area contributed by atoms with Gasteiger partial charge in [-0.25, -0.2) is 9.59 Å². The molecule has 5 nitrogen and oxygen atoms in total. The first-order valence-corrected chi connectivity index (χ1v) is 8.25. The lowest BCUT2D eigenvalue weighted by molar-refractivity contribution is -0.142. The van der Waals surface area contributed by atoms with Crippen LogP contribution in [0.4, 0.5) is 4.79 Å². The number of fused-ring (bicyclic) bond motifs is 1. The first-order chi connectivity index (χ1) is 10.0. The van der Waals surface area contributed by atoms with Crippen molar-refractivity contribution in [3.8, 4) is 0 Å². The lowest BCUT2D eigenvalue weighted by Gasteiger charge is -2.37. The van der Waals surface area contributed by atoms with E-state index >= 15 is 0 Å². The van der Waals surface area contributed by atoms with Crippen LogP contribution in [0.1, 0.15) is 36.8 Å². The van der Waals surface area contributed by atoms with E-state index < -0.39 is 12.0 Å². The smallest absolute Gasteiger partial charge is 0.326 e. The summed E-state index contributed by atoms with van der Waals surface area (Å²) in [6.45, 7) is 5.14. The Balaban J connectivity index is 1.81. The fourth-order valence-corrected chi connectivity index (χ4v) is 4.44. The number of carbonyl (C=O) groups is 2. The average Bonchev–Trinajstić information content (AvgIpc) is 3.05. The number of rotatable bonds is 1. The Morgan fingerprint density at radius 3 is 2.76 bits per heavy atom. The van der Waals surface area contributed by atoms with Crippen molar-refractivity contribution < 1.29 is 14.7 Å². The third kappa shape index (κ3) is 2.31. The van der Waals surface area contributed by atoms with Crippen LogP contribution in [0, 0.1) is 5.92 Å². The van der Waals surface area contributed by atoms with E-state index in [1.54, 1.807) is 16.2 Å². The van der Waals surface area contributed by atoms with Gasteiger partial charge in [0.05, 0.1) is 6.04 Å². The highest BCUT2D eigenvalue weighted by molar-refractivity contribution is 7.10. The van der Waals surface area contributed by atoms with Gasteiger partial charge in [-0.2, -0.15) is 0 Å². The van der Waals surface area contributed by atoms with Gasteiger partial charge in [0.2, 0.25) is 0 Å². The Morgan fingerprint density at radius 1 is 1.29 bits per heavy atom. The van der Waals surface area contributed by atoms with Crippen molar-refractivity contribution in [2.45, 2.75) is 38.8 Å². The van der Waals surface area contributed by atoms with Gasteiger partial charge in [0, 0.05) is 18.0 Å². The second-order valence-electron chi connectivity index (χ2n) is 5.94. The third-order valence-electron chi connectivity index (χ3n) is 4.72. The molecule has 3 unspecified atom stereocenters. The molecule has 1 fully saturated rings. The molecule has 2 aliphatic rings. The zero-order chi connectivity index (χ0) is 15.1. The van der Waals surface area contributed by atoms with E-state index in [-0.39, 0.29) is 18.0 Å². The van der Waals surface area contributed by atoms with E-state index in [0.717, 1.165) is 12.8 Å². The second-order valence-corrected chi connectivity index (χ2v) is 6.94. The average molecular weight is 308 g/mol. The maximum Gasteiger partial charge on any atom is 0.326 e. The molecule has 1 N–H and O–H groups in total. The maximum atomic E-state index is 12.8. The molecule has 1 saturated heterocycles. The quantitative estimate of drug-likeness (QED) is 0.867. The minimum Gasteiger partial charge on any atom is -0.480 e. The van der Waals surface area contributed by atoms with Gasteiger partial charge in [0.25, 0.3) is 0 Å². The fourth-order valence-electron chi connectivity index (χ4n) is 3.47. The molecule has 21 heavy (non-hydrogen) atoms. The number of carboxylic acid groups (broad SMARTS) is 1. The summed E-state index contributed by atoms with van der Waals surface area (Å²) >= 11 is 1.74. The minimum absolute atomic E-state index is 0.0169. The first-order valence-electron chi connectivity index (χ1n) is 7.37. The lowest BCUT2D eigenvalue weighted by atomic mass is 10.0. The van der Waals surface area contributed by atoms with Crippen molar-refractivity contribution in [2.24, 2.45) is 5.92 Å². The van der Waals surface area contributed by atoms with Crippen LogP contribution in [-0.4, -0.2) is 46.0 Å². The van der Waals surface area contributed by atoms with Gasteiger partial charge in [-0.1, -0.05) is 6.92 Å². The summed E-state index contributed by atoms with van der Waals surface area (Å²) in [6.07, 6.45) is 1.62. The fraction of sp³-hybridized carbons (Fsp3) is 0.600. The number of thiophene rings is 1.